The van der Waals surface area contributed by atoms with Crippen molar-refractivity contribution in [2.75, 3.05) is 26.2 Å². The maximum Gasteiger partial charge on any atom is 0.282 e. The zero-order valence-corrected chi connectivity index (χ0v) is 14.5. The lowest BCUT2D eigenvalue weighted by Crippen LogP contribution is -2.50. The van der Waals surface area contributed by atoms with E-state index in [1.165, 1.54) is 12.8 Å². The van der Waals surface area contributed by atoms with Crippen molar-refractivity contribution in [1.29, 1.82) is 0 Å². The second kappa shape index (κ2) is 7.40. The van der Waals surface area contributed by atoms with Gasteiger partial charge in [-0.05, 0) is 51.5 Å². The van der Waals surface area contributed by atoms with Gasteiger partial charge in [-0.25, -0.2) is 0 Å². The molecule has 1 aliphatic heterocycles. The molecule has 0 bridgehead atoms. The average molecular weight is 317 g/mol. The molecule has 0 aromatic heterocycles. The molecule has 1 atom stereocenters. The van der Waals surface area contributed by atoms with Crippen LogP contribution in [0.4, 0.5) is 0 Å². The molecule has 2 rings (SSSR count). The zero-order valence-electron chi connectivity index (χ0n) is 13.7. The van der Waals surface area contributed by atoms with Gasteiger partial charge in [-0.15, -0.1) is 0 Å². The number of hydrogen-bond acceptors (Lipinski definition) is 3. The minimum absolute atomic E-state index is 0.0780. The lowest BCUT2D eigenvalue weighted by atomic mass is 9.98. The molecular weight excluding hydrogens is 286 g/mol. The Morgan fingerprint density at radius 1 is 1.19 bits per heavy atom. The fourth-order valence-electron chi connectivity index (χ4n) is 3.02. The van der Waals surface area contributed by atoms with Crippen LogP contribution >= 0.6 is 0 Å². The third-order valence-electron chi connectivity index (χ3n) is 4.86. The smallest absolute Gasteiger partial charge is 0.282 e. The van der Waals surface area contributed by atoms with Crippen LogP contribution in [0.5, 0.6) is 0 Å². The summed E-state index contributed by atoms with van der Waals surface area (Å²) in [4.78, 5) is 0. The second-order valence-electron chi connectivity index (χ2n) is 6.49. The molecule has 0 aromatic carbocycles. The van der Waals surface area contributed by atoms with E-state index in [4.69, 9.17) is 0 Å². The van der Waals surface area contributed by atoms with Gasteiger partial charge in [0.25, 0.3) is 10.2 Å². The van der Waals surface area contributed by atoms with E-state index < -0.39 is 10.2 Å². The van der Waals surface area contributed by atoms with Crippen molar-refractivity contribution < 1.29 is 8.42 Å². The molecule has 2 fully saturated rings. The van der Waals surface area contributed by atoms with Gasteiger partial charge in [0.2, 0.25) is 0 Å². The Balaban J connectivity index is 1.86. The van der Waals surface area contributed by atoms with Crippen LogP contribution in [0, 0.1) is 5.92 Å². The first-order chi connectivity index (χ1) is 9.98. The highest BCUT2D eigenvalue weighted by Gasteiger charge is 2.34. The molecule has 0 radical (unpaired) electrons. The van der Waals surface area contributed by atoms with Crippen molar-refractivity contribution in [1.82, 2.24) is 13.9 Å². The normalized spacial score (nSPS) is 23.6. The molecule has 1 saturated heterocycles. The molecule has 1 heterocycles. The summed E-state index contributed by atoms with van der Waals surface area (Å²) in [5.74, 6) is 0.635. The van der Waals surface area contributed by atoms with Crippen LogP contribution in [0.3, 0.4) is 0 Å². The van der Waals surface area contributed by atoms with E-state index in [-0.39, 0.29) is 6.04 Å². The van der Waals surface area contributed by atoms with Crippen LogP contribution in [0.2, 0.25) is 0 Å². The number of nitrogens with one attached hydrogen (secondary N) is 1. The van der Waals surface area contributed by atoms with Gasteiger partial charge in [0.1, 0.15) is 0 Å². The fourth-order valence-corrected chi connectivity index (χ4v) is 4.92. The van der Waals surface area contributed by atoms with Crippen molar-refractivity contribution in [3.63, 3.8) is 0 Å². The lowest BCUT2D eigenvalue weighted by molar-refractivity contribution is 0.238. The van der Waals surface area contributed by atoms with E-state index in [1.54, 1.807) is 8.61 Å². The third kappa shape index (κ3) is 4.41. The highest BCUT2D eigenvalue weighted by atomic mass is 32.2. The molecule has 0 aromatic rings. The molecule has 1 aliphatic carbocycles. The molecule has 21 heavy (non-hydrogen) atoms. The van der Waals surface area contributed by atoms with Crippen molar-refractivity contribution >= 4 is 10.2 Å². The van der Waals surface area contributed by atoms with Crippen molar-refractivity contribution in [3.8, 4) is 0 Å². The number of nitrogens with zero attached hydrogens (tertiary/aromatic N) is 2. The van der Waals surface area contributed by atoms with E-state index in [2.05, 4.69) is 5.32 Å². The largest absolute Gasteiger partial charge is 0.314 e. The van der Waals surface area contributed by atoms with Gasteiger partial charge in [-0.1, -0.05) is 13.8 Å². The zero-order chi connectivity index (χ0) is 15.5. The highest BCUT2D eigenvalue weighted by Crippen LogP contribution is 2.24. The maximum absolute atomic E-state index is 12.7. The minimum Gasteiger partial charge on any atom is -0.314 e. The van der Waals surface area contributed by atoms with E-state index in [9.17, 15) is 8.42 Å². The Labute approximate surface area is 130 Å². The van der Waals surface area contributed by atoms with Gasteiger partial charge in [0, 0.05) is 31.7 Å². The molecule has 1 unspecified atom stereocenters. The Kier molecular flexibility index (Phi) is 6.05. The summed E-state index contributed by atoms with van der Waals surface area (Å²) in [6.45, 7) is 8.92. The summed E-state index contributed by atoms with van der Waals surface area (Å²) in [6.07, 6.45) is 5.45. The molecule has 6 heteroatoms. The topological polar surface area (TPSA) is 52.7 Å². The van der Waals surface area contributed by atoms with Gasteiger partial charge in [0.05, 0.1) is 0 Å². The van der Waals surface area contributed by atoms with Crippen LogP contribution in [0.25, 0.3) is 0 Å². The van der Waals surface area contributed by atoms with Gasteiger partial charge in [-0.2, -0.15) is 17.0 Å². The Morgan fingerprint density at radius 2 is 1.81 bits per heavy atom. The maximum atomic E-state index is 12.7. The van der Waals surface area contributed by atoms with Crippen molar-refractivity contribution in [2.45, 2.75) is 65.0 Å². The quantitative estimate of drug-likeness (QED) is 0.743. The molecule has 1 saturated carbocycles. The molecular formula is C15H31N3O2S. The van der Waals surface area contributed by atoms with Gasteiger partial charge in [0.15, 0.2) is 0 Å². The van der Waals surface area contributed by atoms with Gasteiger partial charge in [-0.3, -0.25) is 0 Å². The third-order valence-corrected chi connectivity index (χ3v) is 7.09. The van der Waals surface area contributed by atoms with Crippen LogP contribution in [-0.2, 0) is 10.2 Å². The first-order valence-corrected chi connectivity index (χ1v) is 9.89. The van der Waals surface area contributed by atoms with E-state index in [0.29, 0.717) is 25.6 Å². The first kappa shape index (κ1) is 17.2. The monoisotopic (exact) mass is 317 g/mol. The SMILES string of the molecule is CCC(C)N(CC)S(=O)(=O)N1CCC(CNC2CC2)CC1. The van der Waals surface area contributed by atoms with Crippen molar-refractivity contribution in [2.24, 2.45) is 5.92 Å². The number of piperidine rings is 1. The van der Waals surface area contributed by atoms with E-state index >= 15 is 0 Å². The number of rotatable bonds is 8. The molecule has 124 valence electrons. The van der Waals surface area contributed by atoms with Crippen LogP contribution in [0.15, 0.2) is 0 Å². The summed E-state index contributed by atoms with van der Waals surface area (Å²) < 4.78 is 28.8. The van der Waals surface area contributed by atoms with Crippen LogP contribution < -0.4 is 5.32 Å². The van der Waals surface area contributed by atoms with Crippen LogP contribution in [-0.4, -0.2) is 55.3 Å². The molecule has 5 nitrogen and oxygen atoms in total. The standard InChI is InChI=1S/C15H31N3O2S/c1-4-13(3)18(5-2)21(19,20)17-10-8-14(9-11-17)12-16-15-6-7-15/h13-16H,4-12H2,1-3H3. The van der Waals surface area contributed by atoms with E-state index in [1.807, 2.05) is 20.8 Å². The molecule has 1 N–H and O–H groups in total. The second-order valence-corrected chi connectivity index (χ2v) is 8.37. The predicted molar refractivity (Wildman–Crippen MR) is 86.4 cm³/mol. The Morgan fingerprint density at radius 3 is 2.29 bits per heavy atom. The summed E-state index contributed by atoms with van der Waals surface area (Å²) in [5, 5.41) is 3.56. The minimum atomic E-state index is -3.28. The fraction of sp³-hybridized carbons (Fsp3) is 1.00. The van der Waals surface area contributed by atoms with E-state index in [0.717, 1.165) is 31.8 Å². The Bertz CT molecular complexity index is 415. The number of hydrogen-bond donors (Lipinski definition) is 1. The van der Waals surface area contributed by atoms with Crippen molar-refractivity contribution in [3.05, 3.63) is 0 Å². The molecule has 2 aliphatic rings. The summed E-state index contributed by atoms with van der Waals surface area (Å²) in [7, 11) is -3.28. The Hall–Kier alpha value is -0.170. The highest BCUT2D eigenvalue weighted by molar-refractivity contribution is 7.86. The lowest BCUT2D eigenvalue weighted by Gasteiger charge is -2.36. The van der Waals surface area contributed by atoms with Crippen LogP contribution in [0.1, 0.15) is 52.9 Å². The molecule has 0 amide bonds. The van der Waals surface area contributed by atoms with Gasteiger partial charge < -0.3 is 5.32 Å². The summed E-state index contributed by atoms with van der Waals surface area (Å²) >= 11 is 0. The average Bonchev–Trinajstić information content (AvgIpc) is 3.30. The molecule has 0 spiro atoms. The summed E-state index contributed by atoms with van der Waals surface area (Å²) in [6, 6.07) is 0.821. The predicted octanol–water partition coefficient (Wildman–Crippen LogP) is 1.82. The first-order valence-electron chi connectivity index (χ1n) is 8.49. The summed E-state index contributed by atoms with van der Waals surface area (Å²) in [5.41, 5.74) is 0. The van der Waals surface area contributed by atoms with Gasteiger partial charge >= 0.3 is 0 Å².